The van der Waals surface area contributed by atoms with Gasteiger partial charge in [0.05, 0.1) is 12.9 Å². The summed E-state index contributed by atoms with van der Waals surface area (Å²) < 4.78 is 34.4. The molecule has 0 amide bonds. The van der Waals surface area contributed by atoms with E-state index in [2.05, 4.69) is 4.72 Å². The van der Waals surface area contributed by atoms with Crippen molar-refractivity contribution in [3.8, 4) is 5.75 Å². The lowest BCUT2D eigenvalue weighted by Gasteiger charge is -2.07. The number of nitrogens with one attached hydrogen (secondary N) is 1. The van der Waals surface area contributed by atoms with Gasteiger partial charge in [-0.2, -0.15) is 0 Å². The summed E-state index contributed by atoms with van der Waals surface area (Å²) in [5.41, 5.74) is 0.515. The van der Waals surface area contributed by atoms with Gasteiger partial charge in [0.1, 0.15) is 12.4 Å². The monoisotopic (exact) mass is 245 g/mol. The maximum Gasteiger partial charge on any atom is 0.229 e. The van der Waals surface area contributed by atoms with E-state index in [1.54, 1.807) is 31.4 Å². The molecule has 0 radical (unpaired) electrons. The molecule has 1 N–H and O–H groups in total. The predicted octanol–water partition coefficient (Wildman–Crippen LogP) is 1.08. The summed E-state index contributed by atoms with van der Waals surface area (Å²) in [4.78, 5) is 0. The zero-order valence-electron chi connectivity index (χ0n) is 9.26. The predicted molar refractivity (Wildman–Crippen MR) is 62.3 cm³/mol. The highest BCUT2D eigenvalue weighted by Crippen LogP contribution is 2.16. The minimum absolute atomic E-state index is 0.468. The second kappa shape index (κ2) is 5.72. The Morgan fingerprint density at radius 3 is 2.31 bits per heavy atom. The van der Waals surface area contributed by atoms with Crippen molar-refractivity contribution in [3.63, 3.8) is 0 Å². The van der Waals surface area contributed by atoms with Gasteiger partial charge in [-0.1, -0.05) is 0 Å². The molecule has 1 rings (SSSR count). The van der Waals surface area contributed by atoms with Gasteiger partial charge in [-0.3, -0.25) is 4.72 Å². The standard InChI is InChI=1S/C10H15NO4S/c1-14-7-8-15-10-5-3-9(4-6-10)11-16(2,12)13/h3-6,11H,7-8H2,1-2H3. The Bertz CT molecular complexity index is 413. The molecule has 1 aromatic rings. The maximum absolute atomic E-state index is 10.9. The van der Waals surface area contributed by atoms with Crippen LogP contribution in [0.4, 0.5) is 5.69 Å². The fourth-order valence-electron chi connectivity index (χ4n) is 1.08. The van der Waals surface area contributed by atoms with E-state index in [0.717, 1.165) is 6.26 Å². The molecular weight excluding hydrogens is 230 g/mol. The minimum atomic E-state index is -3.22. The number of anilines is 1. The Morgan fingerprint density at radius 1 is 1.19 bits per heavy atom. The van der Waals surface area contributed by atoms with Gasteiger partial charge in [-0.25, -0.2) is 8.42 Å². The Hall–Kier alpha value is -1.27. The van der Waals surface area contributed by atoms with Gasteiger partial charge in [-0.15, -0.1) is 0 Å². The molecule has 0 aliphatic rings. The van der Waals surface area contributed by atoms with Crippen molar-refractivity contribution in [1.82, 2.24) is 0 Å². The SMILES string of the molecule is COCCOc1ccc(NS(C)(=O)=O)cc1. The third-order valence-corrected chi connectivity index (χ3v) is 2.32. The molecule has 0 spiro atoms. The van der Waals surface area contributed by atoms with Crippen molar-refractivity contribution in [3.05, 3.63) is 24.3 Å². The van der Waals surface area contributed by atoms with E-state index in [-0.39, 0.29) is 0 Å². The van der Waals surface area contributed by atoms with Crippen LogP contribution in [0.25, 0.3) is 0 Å². The van der Waals surface area contributed by atoms with Crippen LogP contribution in [0, 0.1) is 0 Å². The van der Waals surface area contributed by atoms with Crippen LogP contribution in [-0.4, -0.2) is 35.0 Å². The average Bonchev–Trinajstić information content (AvgIpc) is 2.19. The molecule has 1 aromatic carbocycles. The molecule has 0 heterocycles. The highest BCUT2D eigenvalue weighted by Gasteiger charge is 2.01. The van der Waals surface area contributed by atoms with Gasteiger partial charge in [0.2, 0.25) is 10.0 Å². The van der Waals surface area contributed by atoms with Crippen molar-refractivity contribution in [1.29, 1.82) is 0 Å². The molecule has 0 bridgehead atoms. The van der Waals surface area contributed by atoms with Crippen LogP contribution >= 0.6 is 0 Å². The molecule has 5 nitrogen and oxygen atoms in total. The first-order chi connectivity index (χ1) is 7.51. The lowest BCUT2D eigenvalue weighted by atomic mass is 10.3. The number of hydrogen-bond acceptors (Lipinski definition) is 4. The second-order valence-corrected chi connectivity index (χ2v) is 4.99. The minimum Gasteiger partial charge on any atom is -0.491 e. The molecule has 0 aromatic heterocycles. The van der Waals surface area contributed by atoms with Gasteiger partial charge in [0.15, 0.2) is 0 Å². The molecule has 0 saturated carbocycles. The van der Waals surface area contributed by atoms with Gasteiger partial charge >= 0.3 is 0 Å². The van der Waals surface area contributed by atoms with Crippen molar-refractivity contribution in [2.45, 2.75) is 0 Å². The van der Waals surface area contributed by atoms with Crippen LogP contribution in [0.15, 0.2) is 24.3 Å². The molecular formula is C10H15NO4S. The number of hydrogen-bond donors (Lipinski definition) is 1. The fraction of sp³-hybridized carbons (Fsp3) is 0.400. The van der Waals surface area contributed by atoms with E-state index in [0.29, 0.717) is 24.7 Å². The summed E-state index contributed by atoms with van der Waals surface area (Å²) in [7, 11) is -1.62. The third-order valence-electron chi connectivity index (χ3n) is 1.71. The van der Waals surface area contributed by atoms with Gasteiger partial charge < -0.3 is 9.47 Å². The zero-order valence-corrected chi connectivity index (χ0v) is 10.1. The van der Waals surface area contributed by atoms with Gasteiger partial charge in [0.25, 0.3) is 0 Å². The molecule has 0 saturated heterocycles. The van der Waals surface area contributed by atoms with Crippen LogP contribution in [0.3, 0.4) is 0 Å². The summed E-state index contributed by atoms with van der Waals surface area (Å²) in [6, 6.07) is 6.68. The van der Waals surface area contributed by atoms with Gasteiger partial charge in [0, 0.05) is 12.8 Å². The molecule has 0 aliphatic carbocycles. The van der Waals surface area contributed by atoms with E-state index >= 15 is 0 Å². The van der Waals surface area contributed by atoms with E-state index < -0.39 is 10.0 Å². The number of ether oxygens (including phenoxy) is 2. The first-order valence-electron chi connectivity index (χ1n) is 4.71. The first-order valence-corrected chi connectivity index (χ1v) is 6.60. The quantitative estimate of drug-likeness (QED) is 0.762. The average molecular weight is 245 g/mol. The number of rotatable bonds is 6. The number of methoxy groups -OCH3 is 1. The van der Waals surface area contributed by atoms with E-state index in [4.69, 9.17) is 9.47 Å². The van der Waals surface area contributed by atoms with E-state index in [1.165, 1.54) is 0 Å². The number of sulfonamides is 1. The lowest BCUT2D eigenvalue weighted by molar-refractivity contribution is 0.146. The zero-order chi connectivity index (χ0) is 12.0. The molecule has 0 unspecified atom stereocenters. The highest BCUT2D eigenvalue weighted by molar-refractivity contribution is 7.92. The van der Waals surface area contributed by atoms with E-state index in [9.17, 15) is 8.42 Å². The van der Waals surface area contributed by atoms with E-state index in [1.807, 2.05) is 0 Å². The third kappa shape index (κ3) is 4.99. The topological polar surface area (TPSA) is 64.6 Å². The second-order valence-electron chi connectivity index (χ2n) is 3.24. The van der Waals surface area contributed by atoms with Crippen LogP contribution in [0.5, 0.6) is 5.75 Å². The summed E-state index contributed by atoms with van der Waals surface area (Å²) in [6.45, 7) is 0.985. The summed E-state index contributed by atoms with van der Waals surface area (Å²) in [6.07, 6.45) is 1.11. The van der Waals surface area contributed by atoms with Gasteiger partial charge in [-0.05, 0) is 24.3 Å². The van der Waals surface area contributed by atoms with Crippen LogP contribution in [0.1, 0.15) is 0 Å². The smallest absolute Gasteiger partial charge is 0.229 e. The first kappa shape index (κ1) is 12.8. The Labute approximate surface area is 95.4 Å². The summed E-state index contributed by atoms with van der Waals surface area (Å²) in [5, 5.41) is 0. The van der Waals surface area contributed by atoms with Crippen molar-refractivity contribution in [2.75, 3.05) is 31.3 Å². The Kier molecular flexibility index (Phi) is 4.57. The largest absolute Gasteiger partial charge is 0.491 e. The van der Waals surface area contributed by atoms with Crippen LogP contribution < -0.4 is 9.46 Å². The van der Waals surface area contributed by atoms with Crippen LogP contribution in [-0.2, 0) is 14.8 Å². The van der Waals surface area contributed by atoms with Crippen LogP contribution in [0.2, 0.25) is 0 Å². The maximum atomic E-state index is 10.9. The highest BCUT2D eigenvalue weighted by atomic mass is 32.2. The normalized spacial score (nSPS) is 11.1. The summed E-state index contributed by atoms with van der Waals surface area (Å²) in [5.74, 6) is 0.677. The van der Waals surface area contributed by atoms with Crippen molar-refractivity contribution >= 4 is 15.7 Å². The molecule has 0 fully saturated rings. The molecule has 0 atom stereocenters. The summed E-state index contributed by atoms with van der Waals surface area (Å²) >= 11 is 0. The molecule has 0 aliphatic heterocycles. The van der Waals surface area contributed by atoms with Crippen molar-refractivity contribution < 1.29 is 17.9 Å². The number of benzene rings is 1. The Balaban J connectivity index is 2.54. The molecule has 16 heavy (non-hydrogen) atoms. The molecule has 90 valence electrons. The Morgan fingerprint density at radius 2 is 1.81 bits per heavy atom. The van der Waals surface area contributed by atoms with Crippen molar-refractivity contribution in [2.24, 2.45) is 0 Å². The lowest BCUT2D eigenvalue weighted by Crippen LogP contribution is -2.09. The molecule has 6 heteroatoms. The fourth-order valence-corrected chi connectivity index (χ4v) is 1.64.